The van der Waals surface area contributed by atoms with Gasteiger partial charge in [-0.25, -0.2) is 4.79 Å². The second-order valence-corrected chi connectivity index (χ2v) is 3.79. The minimum absolute atomic E-state index is 0.0746. The van der Waals surface area contributed by atoms with Crippen molar-refractivity contribution in [3.8, 4) is 0 Å². The zero-order chi connectivity index (χ0) is 13.0. The molecule has 0 unspecified atom stereocenters. The molecule has 5 nitrogen and oxygen atoms in total. The first-order chi connectivity index (χ1) is 8.72. The van der Waals surface area contributed by atoms with Crippen molar-refractivity contribution in [2.45, 2.75) is 13.5 Å². The van der Waals surface area contributed by atoms with E-state index in [2.05, 4.69) is 10.2 Å². The van der Waals surface area contributed by atoms with Gasteiger partial charge in [-0.15, -0.1) is 0 Å². The number of nitrogens with one attached hydrogen (secondary N) is 1. The normalized spacial score (nSPS) is 10.1. The first-order valence-corrected chi connectivity index (χ1v) is 5.43. The predicted octanol–water partition coefficient (Wildman–Crippen LogP) is 1.89. The highest BCUT2D eigenvalue weighted by atomic mass is 16.5. The molecule has 92 valence electrons. The number of H-pyrrole nitrogens is 1. The summed E-state index contributed by atoms with van der Waals surface area (Å²) in [5.41, 5.74) is 1.68. The maximum Gasteiger partial charge on any atom is 0.342 e. The van der Waals surface area contributed by atoms with Gasteiger partial charge in [0.15, 0.2) is 6.29 Å². The SMILES string of the molecule is Cc1[nH]nc(C=O)c1C(=O)OCc1ccccc1. The van der Waals surface area contributed by atoms with Crippen LogP contribution in [0.1, 0.15) is 32.1 Å². The van der Waals surface area contributed by atoms with Crippen LogP contribution in [0.3, 0.4) is 0 Å². The van der Waals surface area contributed by atoms with Gasteiger partial charge < -0.3 is 4.74 Å². The number of hydrogen-bond donors (Lipinski definition) is 1. The number of aromatic amines is 1. The van der Waals surface area contributed by atoms with Crippen LogP contribution in [0, 0.1) is 6.92 Å². The molecule has 2 rings (SSSR count). The molecule has 0 saturated heterocycles. The summed E-state index contributed by atoms with van der Waals surface area (Å²) in [5.74, 6) is -0.549. The monoisotopic (exact) mass is 244 g/mol. The Morgan fingerprint density at radius 2 is 2.11 bits per heavy atom. The van der Waals surface area contributed by atoms with Gasteiger partial charge in [0.05, 0.1) is 0 Å². The lowest BCUT2D eigenvalue weighted by molar-refractivity contribution is 0.0470. The number of esters is 1. The van der Waals surface area contributed by atoms with Crippen molar-refractivity contribution in [3.63, 3.8) is 0 Å². The van der Waals surface area contributed by atoms with E-state index in [9.17, 15) is 9.59 Å². The number of aldehydes is 1. The standard InChI is InChI=1S/C13H12N2O3/c1-9-12(11(7-16)15-14-9)13(17)18-8-10-5-3-2-4-6-10/h2-7H,8H2,1H3,(H,14,15). The quantitative estimate of drug-likeness (QED) is 0.658. The molecule has 1 heterocycles. The summed E-state index contributed by atoms with van der Waals surface area (Å²) in [7, 11) is 0. The summed E-state index contributed by atoms with van der Waals surface area (Å²) in [6, 6.07) is 9.33. The van der Waals surface area contributed by atoms with Crippen LogP contribution < -0.4 is 0 Å². The lowest BCUT2D eigenvalue weighted by Gasteiger charge is -2.04. The Morgan fingerprint density at radius 1 is 1.39 bits per heavy atom. The predicted molar refractivity (Wildman–Crippen MR) is 64.3 cm³/mol. The first kappa shape index (κ1) is 12.0. The molecule has 0 aliphatic heterocycles. The van der Waals surface area contributed by atoms with Crippen LogP contribution in [-0.4, -0.2) is 22.5 Å². The van der Waals surface area contributed by atoms with Crippen molar-refractivity contribution in [2.75, 3.05) is 0 Å². The molecule has 0 bridgehead atoms. The summed E-state index contributed by atoms with van der Waals surface area (Å²) in [4.78, 5) is 22.6. The van der Waals surface area contributed by atoms with Gasteiger partial charge in [0.1, 0.15) is 17.9 Å². The van der Waals surface area contributed by atoms with Crippen LogP contribution in [0.25, 0.3) is 0 Å². The largest absolute Gasteiger partial charge is 0.457 e. The molecule has 0 amide bonds. The summed E-state index contributed by atoms with van der Waals surface area (Å²) < 4.78 is 5.14. The van der Waals surface area contributed by atoms with E-state index in [1.54, 1.807) is 6.92 Å². The summed E-state index contributed by atoms with van der Waals surface area (Å²) >= 11 is 0. The third-order valence-electron chi connectivity index (χ3n) is 2.50. The van der Waals surface area contributed by atoms with Gasteiger partial charge in [0, 0.05) is 5.69 Å². The van der Waals surface area contributed by atoms with Crippen LogP contribution in [0.4, 0.5) is 0 Å². The summed E-state index contributed by atoms with van der Waals surface area (Å²) in [6.07, 6.45) is 0.530. The summed E-state index contributed by atoms with van der Waals surface area (Å²) in [6.45, 7) is 1.84. The fourth-order valence-corrected chi connectivity index (χ4v) is 1.59. The minimum Gasteiger partial charge on any atom is -0.457 e. The van der Waals surface area contributed by atoms with Crippen molar-refractivity contribution in [1.29, 1.82) is 0 Å². The van der Waals surface area contributed by atoms with E-state index in [0.29, 0.717) is 12.0 Å². The lowest BCUT2D eigenvalue weighted by atomic mass is 10.2. The molecule has 1 aromatic heterocycles. The van der Waals surface area contributed by atoms with Crippen molar-refractivity contribution in [1.82, 2.24) is 10.2 Å². The number of ether oxygens (including phenoxy) is 1. The number of rotatable bonds is 4. The zero-order valence-corrected chi connectivity index (χ0v) is 9.84. The highest BCUT2D eigenvalue weighted by molar-refractivity contribution is 5.98. The van der Waals surface area contributed by atoms with Crippen molar-refractivity contribution < 1.29 is 14.3 Å². The number of hydrogen-bond acceptors (Lipinski definition) is 4. The number of aromatic nitrogens is 2. The second kappa shape index (κ2) is 5.27. The van der Waals surface area contributed by atoms with Gasteiger partial charge in [0.2, 0.25) is 0 Å². The molecule has 0 aliphatic rings. The van der Waals surface area contributed by atoms with Gasteiger partial charge >= 0.3 is 5.97 Å². The molecule has 0 radical (unpaired) electrons. The number of benzene rings is 1. The van der Waals surface area contributed by atoms with Crippen molar-refractivity contribution in [3.05, 3.63) is 52.8 Å². The zero-order valence-electron chi connectivity index (χ0n) is 9.84. The third kappa shape index (κ3) is 2.45. The number of carbonyl (C=O) groups excluding carboxylic acids is 2. The fraction of sp³-hybridized carbons (Fsp3) is 0.154. The maximum absolute atomic E-state index is 11.8. The molecule has 0 fully saturated rings. The number of carbonyl (C=O) groups is 2. The maximum atomic E-state index is 11.8. The minimum atomic E-state index is -0.549. The molecular weight excluding hydrogens is 232 g/mol. The van der Waals surface area contributed by atoms with E-state index >= 15 is 0 Å². The molecule has 0 atom stereocenters. The van der Waals surface area contributed by atoms with Gasteiger partial charge in [0.25, 0.3) is 0 Å². The fourth-order valence-electron chi connectivity index (χ4n) is 1.59. The van der Waals surface area contributed by atoms with Crippen LogP contribution >= 0.6 is 0 Å². The van der Waals surface area contributed by atoms with E-state index in [4.69, 9.17) is 4.74 Å². The highest BCUT2D eigenvalue weighted by Gasteiger charge is 2.18. The lowest BCUT2D eigenvalue weighted by Crippen LogP contribution is -2.08. The molecule has 1 aromatic carbocycles. The van der Waals surface area contributed by atoms with E-state index in [-0.39, 0.29) is 17.9 Å². The van der Waals surface area contributed by atoms with E-state index in [1.807, 2.05) is 30.3 Å². The Morgan fingerprint density at radius 3 is 2.78 bits per heavy atom. The van der Waals surface area contributed by atoms with Crippen LogP contribution in [0.15, 0.2) is 30.3 Å². The van der Waals surface area contributed by atoms with Crippen LogP contribution in [0.2, 0.25) is 0 Å². The number of nitrogens with zero attached hydrogens (tertiary/aromatic N) is 1. The second-order valence-electron chi connectivity index (χ2n) is 3.79. The average Bonchev–Trinajstić information content (AvgIpc) is 2.78. The Balaban J connectivity index is 2.08. The Labute approximate surface area is 104 Å². The van der Waals surface area contributed by atoms with E-state index < -0.39 is 5.97 Å². The molecule has 1 N–H and O–H groups in total. The molecular formula is C13H12N2O3. The molecule has 0 saturated carbocycles. The van der Waals surface area contributed by atoms with Crippen LogP contribution in [0.5, 0.6) is 0 Å². The molecule has 5 heteroatoms. The van der Waals surface area contributed by atoms with Gasteiger partial charge in [-0.1, -0.05) is 30.3 Å². The van der Waals surface area contributed by atoms with E-state index in [1.165, 1.54) is 0 Å². The highest BCUT2D eigenvalue weighted by Crippen LogP contribution is 2.11. The van der Waals surface area contributed by atoms with E-state index in [0.717, 1.165) is 5.56 Å². The Hall–Kier alpha value is -2.43. The third-order valence-corrected chi connectivity index (χ3v) is 2.50. The van der Waals surface area contributed by atoms with Crippen LogP contribution in [-0.2, 0) is 11.3 Å². The van der Waals surface area contributed by atoms with Gasteiger partial charge in [-0.2, -0.15) is 5.10 Å². The molecule has 0 spiro atoms. The molecule has 0 aliphatic carbocycles. The topological polar surface area (TPSA) is 72.0 Å². The Kier molecular flexibility index (Phi) is 3.52. The Bertz CT molecular complexity index is 561. The van der Waals surface area contributed by atoms with Crippen molar-refractivity contribution in [2.24, 2.45) is 0 Å². The molecule has 2 aromatic rings. The number of aryl methyl sites for hydroxylation is 1. The van der Waals surface area contributed by atoms with Gasteiger partial charge in [-0.3, -0.25) is 9.89 Å². The van der Waals surface area contributed by atoms with Gasteiger partial charge in [-0.05, 0) is 12.5 Å². The molecule has 18 heavy (non-hydrogen) atoms. The van der Waals surface area contributed by atoms with Crippen molar-refractivity contribution >= 4 is 12.3 Å². The smallest absolute Gasteiger partial charge is 0.342 e. The average molecular weight is 244 g/mol. The first-order valence-electron chi connectivity index (χ1n) is 5.43. The summed E-state index contributed by atoms with van der Waals surface area (Å²) in [5, 5.41) is 6.30.